The van der Waals surface area contributed by atoms with Crippen molar-refractivity contribution < 1.29 is 13.2 Å². The number of aryl methyl sites for hydroxylation is 1. The van der Waals surface area contributed by atoms with E-state index in [9.17, 15) is 8.42 Å². The molecule has 0 radical (unpaired) electrons. The molecule has 88 valence electrons. The van der Waals surface area contributed by atoms with Crippen molar-refractivity contribution in [3.05, 3.63) is 17.8 Å². The van der Waals surface area contributed by atoms with Gasteiger partial charge < -0.3 is 4.74 Å². The molecule has 0 saturated heterocycles. The molecule has 6 heteroatoms. The standard InChI is InChI=1S/C10H14N2O3S/c1-2-7-6-12-10(16(11,13)14)5-9(7)15-8-3-4-8/h5-6,8H,2-4H2,1H3,(H2,11,13,14). The topological polar surface area (TPSA) is 82.3 Å². The monoisotopic (exact) mass is 242 g/mol. The first kappa shape index (κ1) is 11.3. The van der Waals surface area contributed by atoms with Crippen LogP contribution < -0.4 is 9.88 Å². The van der Waals surface area contributed by atoms with Crippen LogP contribution in [0.1, 0.15) is 25.3 Å². The molecule has 0 atom stereocenters. The number of primary sulfonamides is 1. The SMILES string of the molecule is CCc1cnc(S(N)(=O)=O)cc1OC1CC1. The molecule has 0 bridgehead atoms. The highest BCUT2D eigenvalue weighted by Gasteiger charge is 2.25. The molecule has 2 rings (SSSR count). The number of nitrogens with two attached hydrogens (primary N) is 1. The normalized spacial score (nSPS) is 16.1. The van der Waals surface area contributed by atoms with Gasteiger partial charge >= 0.3 is 0 Å². The molecule has 1 aromatic rings. The van der Waals surface area contributed by atoms with Gasteiger partial charge in [-0.25, -0.2) is 18.5 Å². The Labute approximate surface area is 94.7 Å². The first-order valence-corrected chi connectivity index (χ1v) is 6.73. The lowest BCUT2D eigenvalue weighted by Crippen LogP contribution is -2.14. The van der Waals surface area contributed by atoms with Gasteiger partial charge in [-0.2, -0.15) is 0 Å². The minimum Gasteiger partial charge on any atom is -0.490 e. The van der Waals surface area contributed by atoms with Crippen molar-refractivity contribution in [3.63, 3.8) is 0 Å². The fourth-order valence-corrected chi connectivity index (χ4v) is 1.81. The Morgan fingerprint density at radius 1 is 1.56 bits per heavy atom. The van der Waals surface area contributed by atoms with Crippen molar-refractivity contribution in [2.75, 3.05) is 0 Å². The van der Waals surface area contributed by atoms with Gasteiger partial charge in [-0.1, -0.05) is 6.92 Å². The number of ether oxygens (including phenoxy) is 1. The molecule has 0 amide bonds. The van der Waals surface area contributed by atoms with Crippen LogP contribution >= 0.6 is 0 Å². The quantitative estimate of drug-likeness (QED) is 0.847. The zero-order valence-electron chi connectivity index (χ0n) is 9.01. The van der Waals surface area contributed by atoms with Gasteiger partial charge in [0.1, 0.15) is 5.75 Å². The Morgan fingerprint density at radius 3 is 2.75 bits per heavy atom. The maximum atomic E-state index is 11.1. The second-order valence-corrected chi connectivity index (χ2v) is 5.35. The molecule has 0 spiro atoms. The number of rotatable bonds is 4. The number of aromatic nitrogens is 1. The second kappa shape index (κ2) is 4.03. The third kappa shape index (κ3) is 2.51. The van der Waals surface area contributed by atoms with Crippen LogP contribution in [-0.2, 0) is 16.4 Å². The zero-order valence-corrected chi connectivity index (χ0v) is 9.83. The molecule has 5 nitrogen and oxygen atoms in total. The van der Waals surface area contributed by atoms with Gasteiger partial charge in [-0.05, 0) is 19.3 Å². The zero-order chi connectivity index (χ0) is 11.8. The van der Waals surface area contributed by atoms with E-state index in [1.165, 1.54) is 12.3 Å². The third-order valence-corrected chi connectivity index (χ3v) is 3.22. The first-order valence-electron chi connectivity index (χ1n) is 5.19. The lowest BCUT2D eigenvalue weighted by atomic mass is 10.2. The Bertz CT molecular complexity index is 495. The highest BCUT2D eigenvalue weighted by Crippen LogP contribution is 2.30. The summed E-state index contributed by atoms with van der Waals surface area (Å²) < 4.78 is 27.9. The summed E-state index contributed by atoms with van der Waals surface area (Å²) >= 11 is 0. The minimum absolute atomic E-state index is 0.139. The fourth-order valence-electron chi connectivity index (χ4n) is 1.34. The molecule has 1 aromatic heterocycles. The largest absolute Gasteiger partial charge is 0.490 e. The van der Waals surface area contributed by atoms with Crippen LogP contribution in [0.15, 0.2) is 17.3 Å². The Hall–Kier alpha value is -1.14. The van der Waals surface area contributed by atoms with Gasteiger partial charge in [0.15, 0.2) is 5.03 Å². The van der Waals surface area contributed by atoms with Gasteiger partial charge in [-0.15, -0.1) is 0 Å². The van der Waals surface area contributed by atoms with E-state index < -0.39 is 10.0 Å². The van der Waals surface area contributed by atoms with E-state index in [0.717, 1.165) is 24.8 Å². The van der Waals surface area contributed by atoms with Gasteiger partial charge in [0.2, 0.25) is 0 Å². The van der Waals surface area contributed by atoms with Crippen molar-refractivity contribution in [3.8, 4) is 5.75 Å². The third-order valence-electron chi connectivity index (χ3n) is 2.41. The van der Waals surface area contributed by atoms with Gasteiger partial charge in [0.05, 0.1) is 6.10 Å². The van der Waals surface area contributed by atoms with Crippen molar-refractivity contribution in [1.29, 1.82) is 0 Å². The molecular formula is C10H14N2O3S. The van der Waals surface area contributed by atoms with Gasteiger partial charge in [0, 0.05) is 17.8 Å². The summed E-state index contributed by atoms with van der Waals surface area (Å²) in [5.74, 6) is 0.587. The maximum Gasteiger partial charge on any atom is 0.255 e. The van der Waals surface area contributed by atoms with Crippen molar-refractivity contribution in [2.24, 2.45) is 5.14 Å². The van der Waals surface area contributed by atoms with E-state index >= 15 is 0 Å². The fraction of sp³-hybridized carbons (Fsp3) is 0.500. The molecule has 1 saturated carbocycles. The van der Waals surface area contributed by atoms with E-state index in [-0.39, 0.29) is 11.1 Å². The van der Waals surface area contributed by atoms with Crippen LogP contribution in [0, 0.1) is 0 Å². The van der Waals surface area contributed by atoms with Crippen LogP contribution in [0.5, 0.6) is 5.75 Å². The van der Waals surface area contributed by atoms with Crippen molar-refractivity contribution in [1.82, 2.24) is 4.98 Å². The van der Waals surface area contributed by atoms with Crippen LogP contribution in [0.25, 0.3) is 0 Å². The van der Waals surface area contributed by atoms with Gasteiger partial charge in [-0.3, -0.25) is 0 Å². The molecule has 0 unspecified atom stereocenters. The van der Waals surface area contributed by atoms with E-state index in [2.05, 4.69) is 4.98 Å². The summed E-state index contributed by atoms with van der Waals surface area (Å²) in [6.45, 7) is 1.97. The summed E-state index contributed by atoms with van der Waals surface area (Å²) in [5.41, 5.74) is 0.902. The highest BCUT2D eigenvalue weighted by molar-refractivity contribution is 7.89. The molecule has 1 heterocycles. The van der Waals surface area contributed by atoms with Crippen LogP contribution in [0.3, 0.4) is 0 Å². The maximum absolute atomic E-state index is 11.1. The predicted octanol–water partition coefficient (Wildman–Crippen LogP) is 0.833. The number of pyridine rings is 1. The Kier molecular flexibility index (Phi) is 2.86. The highest BCUT2D eigenvalue weighted by atomic mass is 32.2. The molecule has 16 heavy (non-hydrogen) atoms. The lowest BCUT2D eigenvalue weighted by molar-refractivity contribution is 0.298. The number of hydrogen-bond acceptors (Lipinski definition) is 4. The average molecular weight is 242 g/mol. The number of sulfonamides is 1. The molecule has 1 aliphatic carbocycles. The minimum atomic E-state index is -3.76. The molecular weight excluding hydrogens is 228 g/mol. The van der Waals surface area contributed by atoms with E-state index in [4.69, 9.17) is 9.88 Å². The van der Waals surface area contributed by atoms with Crippen molar-refractivity contribution in [2.45, 2.75) is 37.3 Å². The Morgan fingerprint density at radius 2 is 2.25 bits per heavy atom. The van der Waals surface area contributed by atoms with E-state index in [1.807, 2.05) is 6.92 Å². The summed E-state index contributed by atoms with van der Waals surface area (Å²) in [6.07, 6.45) is 4.53. The van der Waals surface area contributed by atoms with E-state index in [0.29, 0.717) is 5.75 Å². The molecule has 0 aromatic carbocycles. The molecule has 0 aliphatic heterocycles. The summed E-state index contributed by atoms with van der Waals surface area (Å²) in [5, 5.41) is 4.88. The summed E-state index contributed by atoms with van der Waals surface area (Å²) in [6, 6.07) is 1.41. The second-order valence-electron chi connectivity index (χ2n) is 3.85. The lowest BCUT2D eigenvalue weighted by Gasteiger charge is -2.10. The molecule has 1 fully saturated rings. The smallest absolute Gasteiger partial charge is 0.255 e. The first-order chi connectivity index (χ1) is 7.50. The average Bonchev–Trinajstić information content (AvgIpc) is 3.00. The number of hydrogen-bond donors (Lipinski definition) is 1. The summed E-state index contributed by atoms with van der Waals surface area (Å²) in [7, 11) is -3.76. The molecule has 2 N–H and O–H groups in total. The van der Waals surface area contributed by atoms with Crippen molar-refractivity contribution >= 4 is 10.0 Å². The van der Waals surface area contributed by atoms with Gasteiger partial charge in [0.25, 0.3) is 10.0 Å². The number of nitrogens with zero attached hydrogens (tertiary/aromatic N) is 1. The van der Waals surface area contributed by atoms with Crippen LogP contribution in [0.2, 0.25) is 0 Å². The molecule has 1 aliphatic rings. The van der Waals surface area contributed by atoms with E-state index in [1.54, 1.807) is 0 Å². The summed E-state index contributed by atoms with van der Waals surface area (Å²) in [4.78, 5) is 3.82. The predicted molar refractivity (Wildman–Crippen MR) is 58.6 cm³/mol. The van der Waals surface area contributed by atoms with Crippen LogP contribution in [-0.4, -0.2) is 19.5 Å². The Balaban J connectivity index is 2.37. The van der Waals surface area contributed by atoms with Crippen LogP contribution in [0.4, 0.5) is 0 Å².